The largest absolute Gasteiger partial charge is 0.315 e. The molecule has 0 bridgehead atoms. The van der Waals surface area contributed by atoms with Crippen LogP contribution in [0.1, 0.15) is 6.42 Å². The van der Waals surface area contributed by atoms with E-state index < -0.39 is 0 Å². The maximum absolute atomic E-state index is 11.0. The van der Waals surface area contributed by atoms with Crippen LogP contribution in [0.25, 0.3) is 0 Å². The van der Waals surface area contributed by atoms with E-state index in [-0.39, 0.29) is 5.56 Å². The van der Waals surface area contributed by atoms with Crippen LogP contribution in [0.4, 0.5) is 0 Å². The van der Waals surface area contributed by atoms with Gasteiger partial charge in [0, 0.05) is 25.2 Å². The molecule has 0 N–H and O–H groups in total. The highest BCUT2D eigenvalue weighted by molar-refractivity contribution is 5.48. The first kappa shape index (κ1) is 7.72. The first-order valence-electron chi connectivity index (χ1n) is 3.43. The van der Waals surface area contributed by atoms with Crippen LogP contribution in [0, 0.1) is 0 Å². The summed E-state index contributed by atoms with van der Waals surface area (Å²) in [6, 6.07) is 4.93. The second-order valence-corrected chi connectivity index (χ2v) is 2.19. The van der Waals surface area contributed by atoms with Crippen LogP contribution in [0.15, 0.2) is 29.2 Å². The summed E-state index contributed by atoms with van der Waals surface area (Å²) in [4.78, 5) is 20.9. The summed E-state index contributed by atoms with van der Waals surface area (Å²) in [5.41, 5.74) is -0.0608. The van der Waals surface area contributed by atoms with Gasteiger partial charge in [-0.1, -0.05) is 6.07 Å². The average Bonchev–Trinajstić information content (AvgIpc) is 2.03. The second-order valence-electron chi connectivity index (χ2n) is 2.19. The molecule has 11 heavy (non-hydrogen) atoms. The summed E-state index contributed by atoms with van der Waals surface area (Å²) in [7, 11) is 0. The lowest BCUT2D eigenvalue weighted by Crippen LogP contribution is -2.17. The van der Waals surface area contributed by atoms with Gasteiger partial charge in [-0.3, -0.25) is 4.79 Å². The van der Waals surface area contributed by atoms with E-state index in [2.05, 4.69) is 0 Å². The lowest BCUT2D eigenvalue weighted by molar-refractivity contribution is -0.108. The molecule has 0 aromatic carbocycles. The fraction of sp³-hybridized carbons (Fsp3) is 0.250. The quantitative estimate of drug-likeness (QED) is 0.588. The second kappa shape index (κ2) is 3.71. The minimum absolute atomic E-state index is 0.0608. The van der Waals surface area contributed by atoms with Gasteiger partial charge in [-0.25, -0.2) is 0 Å². The average molecular weight is 151 g/mol. The number of aromatic nitrogens is 1. The Morgan fingerprint density at radius 1 is 1.45 bits per heavy atom. The van der Waals surface area contributed by atoms with Gasteiger partial charge < -0.3 is 9.36 Å². The highest BCUT2D eigenvalue weighted by Crippen LogP contribution is 1.83. The van der Waals surface area contributed by atoms with Gasteiger partial charge in [0.15, 0.2) is 0 Å². The molecule has 0 saturated carbocycles. The third kappa shape index (κ3) is 2.04. The topological polar surface area (TPSA) is 39.1 Å². The molecular weight excluding hydrogens is 142 g/mol. The van der Waals surface area contributed by atoms with Crippen molar-refractivity contribution in [2.24, 2.45) is 0 Å². The van der Waals surface area contributed by atoms with Crippen LogP contribution >= 0.6 is 0 Å². The van der Waals surface area contributed by atoms with Crippen molar-refractivity contribution in [3.63, 3.8) is 0 Å². The molecule has 0 unspecified atom stereocenters. The van der Waals surface area contributed by atoms with Gasteiger partial charge in [-0.2, -0.15) is 0 Å². The Morgan fingerprint density at radius 3 is 2.91 bits per heavy atom. The Morgan fingerprint density at radius 2 is 2.27 bits per heavy atom. The van der Waals surface area contributed by atoms with Crippen molar-refractivity contribution in [2.45, 2.75) is 13.0 Å². The molecule has 3 heteroatoms. The van der Waals surface area contributed by atoms with Gasteiger partial charge in [0.25, 0.3) is 5.56 Å². The number of hydrogen-bond donors (Lipinski definition) is 0. The van der Waals surface area contributed by atoms with E-state index in [0.717, 1.165) is 6.29 Å². The number of carbonyl (C=O) groups is 1. The maximum atomic E-state index is 11.0. The molecule has 0 radical (unpaired) electrons. The summed E-state index contributed by atoms with van der Waals surface area (Å²) in [6.07, 6.45) is 2.87. The first-order chi connectivity index (χ1) is 5.34. The molecule has 0 atom stereocenters. The Labute approximate surface area is 64.3 Å². The number of hydrogen-bond acceptors (Lipinski definition) is 2. The van der Waals surface area contributed by atoms with Crippen LogP contribution in [0.2, 0.25) is 0 Å². The molecular formula is C8H9NO2. The van der Waals surface area contributed by atoms with Gasteiger partial charge in [0.2, 0.25) is 0 Å². The standard InChI is InChI=1S/C8H9NO2/c10-7-3-6-9-5-2-1-4-8(9)11/h1-2,4-5,7H,3,6H2. The van der Waals surface area contributed by atoms with Crippen molar-refractivity contribution in [2.75, 3.05) is 0 Å². The van der Waals surface area contributed by atoms with Crippen LogP contribution in [0.5, 0.6) is 0 Å². The summed E-state index contributed by atoms with van der Waals surface area (Å²) >= 11 is 0. The Balaban J connectivity index is 2.78. The van der Waals surface area contributed by atoms with Crippen molar-refractivity contribution < 1.29 is 4.79 Å². The molecule has 1 aromatic heterocycles. The molecule has 0 spiro atoms. The Bertz CT molecular complexity index is 290. The molecule has 1 rings (SSSR count). The van der Waals surface area contributed by atoms with E-state index in [1.165, 1.54) is 10.6 Å². The summed E-state index contributed by atoms with van der Waals surface area (Å²) in [6.45, 7) is 0.475. The number of aldehydes is 1. The monoisotopic (exact) mass is 151 g/mol. The molecule has 0 aliphatic heterocycles. The highest BCUT2D eigenvalue weighted by Gasteiger charge is 1.90. The van der Waals surface area contributed by atoms with Gasteiger partial charge in [-0.05, 0) is 6.07 Å². The third-order valence-corrected chi connectivity index (χ3v) is 1.39. The Kier molecular flexibility index (Phi) is 2.60. The van der Waals surface area contributed by atoms with Crippen LogP contribution in [0.3, 0.4) is 0 Å². The normalized spacial score (nSPS) is 9.45. The van der Waals surface area contributed by atoms with Crippen molar-refractivity contribution in [3.05, 3.63) is 34.7 Å². The number of pyridine rings is 1. The molecule has 1 heterocycles. The number of rotatable bonds is 3. The fourth-order valence-corrected chi connectivity index (χ4v) is 0.837. The van der Waals surface area contributed by atoms with Crippen LogP contribution in [-0.2, 0) is 11.3 Å². The van der Waals surface area contributed by atoms with Gasteiger partial charge in [0.05, 0.1) is 0 Å². The third-order valence-electron chi connectivity index (χ3n) is 1.39. The number of nitrogens with zero attached hydrogens (tertiary/aromatic N) is 1. The van der Waals surface area contributed by atoms with E-state index in [1.54, 1.807) is 18.3 Å². The van der Waals surface area contributed by atoms with Crippen molar-refractivity contribution >= 4 is 6.29 Å². The number of aryl methyl sites for hydroxylation is 1. The van der Waals surface area contributed by atoms with Crippen molar-refractivity contribution in [1.29, 1.82) is 0 Å². The minimum atomic E-state index is -0.0608. The van der Waals surface area contributed by atoms with Crippen LogP contribution in [-0.4, -0.2) is 10.9 Å². The van der Waals surface area contributed by atoms with Gasteiger partial charge in [0.1, 0.15) is 6.29 Å². The zero-order valence-electron chi connectivity index (χ0n) is 6.06. The van der Waals surface area contributed by atoms with E-state index in [1.807, 2.05) is 0 Å². The zero-order chi connectivity index (χ0) is 8.10. The molecule has 1 aromatic rings. The predicted octanol–water partition coefficient (Wildman–Crippen LogP) is 0.437. The number of carbonyl (C=O) groups excluding carboxylic acids is 1. The highest BCUT2D eigenvalue weighted by atomic mass is 16.1. The first-order valence-corrected chi connectivity index (χ1v) is 3.43. The minimum Gasteiger partial charge on any atom is -0.315 e. The fourth-order valence-electron chi connectivity index (χ4n) is 0.837. The predicted molar refractivity (Wildman–Crippen MR) is 41.4 cm³/mol. The molecule has 3 nitrogen and oxygen atoms in total. The summed E-state index contributed by atoms with van der Waals surface area (Å²) < 4.78 is 1.51. The summed E-state index contributed by atoms with van der Waals surface area (Å²) in [5, 5.41) is 0. The molecule has 0 saturated heterocycles. The lowest BCUT2D eigenvalue weighted by atomic mass is 10.4. The molecule has 58 valence electrons. The maximum Gasteiger partial charge on any atom is 0.250 e. The smallest absolute Gasteiger partial charge is 0.250 e. The summed E-state index contributed by atoms with van der Waals surface area (Å²) in [5.74, 6) is 0. The van der Waals surface area contributed by atoms with E-state index in [4.69, 9.17) is 0 Å². The van der Waals surface area contributed by atoms with Gasteiger partial charge >= 0.3 is 0 Å². The molecule has 0 amide bonds. The SMILES string of the molecule is O=CCCn1ccccc1=O. The van der Waals surface area contributed by atoms with E-state index in [0.29, 0.717) is 13.0 Å². The van der Waals surface area contributed by atoms with Crippen molar-refractivity contribution in [1.82, 2.24) is 4.57 Å². The lowest BCUT2D eigenvalue weighted by Gasteiger charge is -1.99. The van der Waals surface area contributed by atoms with Crippen LogP contribution < -0.4 is 5.56 Å². The van der Waals surface area contributed by atoms with E-state index >= 15 is 0 Å². The Hall–Kier alpha value is -1.38. The molecule has 0 aliphatic carbocycles. The van der Waals surface area contributed by atoms with Crippen molar-refractivity contribution in [3.8, 4) is 0 Å². The van der Waals surface area contributed by atoms with Gasteiger partial charge in [-0.15, -0.1) is 0 Å². The molecule has 0 fully saturated rings. The molecule has 0 aliphatic rings. The van der Waals surface area contributed by atoms with E-state index in [9.17, 15) is 9.59 Å². The zero-order valence-corrected chi connectivity index (χ0v) is 6.06.